The number of rotatable bonds is 2. The predicted octanol–water partition coefficient (Wildman–Crippen LogP) is 21.3. The summed E-state index contributed by atoms with van der Waals surface area (Å²) >= 11 is 21.4. The third kappa shape index (κ3) is 6.28. The normalized spacial score (nSPS) is 18.8. The molecule has 0 radical (unpaired) electrons. The molecule has 2 nitrogen and oxygen atoms in total. The van der Waals surface area contributed by atoms with E-state index in [1.54, 1.807) is 43.2 Å². The van der Waals surface area contributed by atoms with Crippen molar-refractivity contribution in [1.29, 1.82) is 0 Å². The van der Waals surface area contributed by atoms with Crippen LogP contribution in [-0.4, -0.2) is 8.75 Å². The molecule has 340 valence electrons. The van der Waals surface area contributed by atoms with Crippen LogP contribution >= 0.6 is 127 Å². The first-order valence-corrected chi connectivity index (χ1v) is 32.2. The van der Waals surface area contributed by atoms with Crippen molar-refractivity contribution in [2.45, 2.75) is 96.0 Å². The Morgan fingerprint density at radius 2 is 1.00 bits per heavy atom. The van der Waals surface area contributed by atoms with Crippen molar-refractivity contribution >= 4 is 186 Å². The number of aromatic nitrogens is 2. The molecule has 4 atom stereocenters. The smallest absolute Gasteiger partial charge is 0.113 e. The third-order valence-corrected chi connectivity index (χ3v) is 28.6. The Labute approximate surface area is 445 Å². The van der Waals surface area contributed by atoms with Gasteiger partial charge in [-0.15, -0.1) is 115 Å². The number of benzene rings is 5. The highest BCUT2D eigenvalue weighted by Gasteiger charge is 2.49. The quantitative estimate of drug-likeness (QED) is 0.171. The first-order valence-electron chi connectivity index (χ1n) is 23.0. The van der Waals surface area contributed by atoms with E-state index in [0.29, 0.717) is 21.0 Å². The van der Waals surface area contributed by atoms with E-state index in [4.69, 9.17) is 0 Å². The number of hydrogen-bond acceptors (Lipinski definition) is 13. The summed E-state index contributed by atoms with van der Waals surface area (Å²) in [5, 5.41) is 5.11. The topological polar surface area (TPSA) is 25.8 Å². The average Bonchev–Trinajstić information content (AvgIpc) is 4.15. The number of aryl methyl sites for hydroxylation is 6. The van der Waals surface area contributed by atoms with Gasteiger partial charge < -0.3 is 0 Å². The van der Waals surface area contributed by atoms with Crippen LogP contribution in [0.1, 0.15) is 86.4 Å². The predicted molar refractivity (Wildman–Crippen MR) is 315 cm³/mol. The van der Waals surface area contributed by atoms with Crippen molar-refractivity contribution in [1.82, 2.24) is 8.75 Å². The lowest BCUT2D eigenvalue weighted by atomic mass is 9.92. The standard InChI is InChI=1S/C32H24S6.C24H16N2S5/c1-13-5-7-18-21(9-13)35-31-25-15(3)28-26(16(4)27(25)37-29(18)31)32-30(38-28)19-8-6-17(11-22(19)36-32)20-12-24-23(34-20)10-14(2)33-24;1-9-5-6-13(20-19(9)25-31-26-20)14-8-16-24(28-14)18-12(4)21-17(11(3)22(18)30-16)23-15(29-21)7-10(2)27-23/h5-12,29-32H,1-4H3;5-8H,1-4H3. The van der Waals surface area contributed by atoms with E-state index in [2.05, 4.69) is 184 Å². The summed E-state index contributed by atoms with van der Waals surface area (Å²) in [6.07, 6.45) is 0. The van der Waals surface area contributed by atoms with Gasteiger partial charge in [0, 0.05) is 83.6 Å². The molecule has 0 amide bonds. The van der Waals surface area contributed by atoms with Gasteiger partial charge in [0.2, 0.25) is 0 Å². The van der Waals surface area contributed by atoms with Crippen LogP contribution in [0, 0.1) is 55.4 Å². The largest absolute Gasteiger partial charge is 0.173 e. The second-order valence-corrected chi connectivity index (χ2v) is 31.0. The summed E-state index contributed by atoms with van der Waals surface area (Å²) in [7, 11) is 0. The van der Waals surface area contributed by atoms with Gasteiger partial charge in [-0.05, 0) is 153 Å². The van der Waals surface area contributed by atoms with Crippen LogP contribution < -0.4 is 0 Å². The summed E-state index contributed by atoms with van der Waals surface area (Å²) in [5.74, 6) is 0. The monoisotopic (exact) mass is 1090 g/mol. The van der Waals surface area contributed by atoms with Crippen LogP contribution in [0.25, 0.3) is 80.3 Å². The second kappa shape index (κ2) is 15.7. The van der Waals surface area contributed by atoms with Crippen LogP contribution in [-0.2, 0) is 0 Å². The molecule has 0 fully saturated rings. The van der Waals surface area contributed by atoms with Gasteiger partial charge in [0.1, 0.15) is 11.0 Å². The number of fused-ring (bicyclic) bond motifs is 18. The summed E-state index contributed by atoms with van der Waals surface area (Å²) in [4.78, 5) is 11.7. The zero-order chi connectivity index (χ0) is 46.5. The summed E-state index contributed by atoms with van der Waals surface area (Å²) in [6, 6.07) is 28.2. The van der Waals surface area contributed by atoms with Gasteiger partial charge in [0.05, 0.1) is 42.1 Å². The molecule has 4 aliphatic rings. The van der Waals surface area contributed by atoms with Crippen molar-refractivity contribution in [3.05, 3.63) is 138 Å². The molecule has 5 aromatic carbocycles. The number of nitrogens with zero attached hydrogens (tertiary/aromatic N) is 2. The Balaban J connectivity index is 0.000000127. The average molecular weight is 1090 g/mol. The molecule has 4 aliphatic heterocycles. The molecule has 0 N–H and O–H groups in total. The van der Waals surface area contributed by atoms with Crippen LogP contribution in [0.2, 0.25) is 0 Å². The minimum absolute atomic E-state index is 0.530. The van der Waals surface area contributed by atoms with Crippen LogP contribution in [0.3, 0.4) is 0 Å². The Hall–Kier alpha value is -3.18. The lowest BCUT2D eigenvalue weighted by Gasteiger charge is -2.19. The van der Waals surface area contributed by atoms with Gasteiger partial charge in [-0.1, -0.05) is 36.4 Å². The lowest BCUT2D eigenvalue weighted by Crippen LogP contribution is -2.01. The fourth-order valence-corrected chi connectivity index (χ4v) is 26.8. The first kappa shape index (κ1) is 43.4. The number of thiophene rings is 6. The summed E-state index contributed by atoms with van der Waals surface area (Å²) in [6.45, 7) is 18.2. The maximum atomic E-state index is 4.61. The van der Waals surface area contributed by atoms with E-state index < -0.39 is 0 Å². The Kier molecular flexibility index (Phi) is 9.85. The van der Waals surface area contributed by atoms with Gasteiger partial charge in [-0.3, -0.25) is 0 Å². The summed E-state index contributed by atoms with van der Waals surface area (Å²) in [5.41, 5.74) is 19.6. The number of hydrogen-bond donors (Lipinski definition) is 0. The molecule has 0 bridgehead atoms. The zero-order valence-corrected chi connectivity index (χ0v) is 47.6. The van der Waals surface area contributed by atoms with Crippen molar-refractivity contribution in [3.63, 3.8) is 0 Å². The van der Waals surface area contributed by atoms with Gasteiger partial charge in [0.15, 0.2) is 0 Å². The lowest BCUT2D eigenvalue weighted by molar-refractivity contribution is 0.885. The molecule has 0 spiro atoms. The molecule has 0 saturated carbocycles. The zero-order valence-electron chi connectivity index (χ0n) is 38.6. The van der Waals surface area contributed by atoms with E-state index in [-0.39, 0.29) is 0 Å². The highest BCUT2D eigenvalue weighted by Crippen LogP contribution is 2.73. The maximum absolute atomic E-state index is 4.61. The highest BCUT2D eigenvalue weighted by molar-refractivity contribution is 8.05. The molecule has 7 aromatic heterocycles. The fraction of sp³-hybridized carbons (Fsp3) is 0.214. The molecule has 4 unspecified atom stereocenters. The fourth-order valence-electron chi connectivity index (χ4n) is 11.4. The Bertz CT molecular complexity index is 4210. The molecule has 11 heterocycles. The molecule has 16 rings (SSSR count). The second-order valence-electron chi connectivity index (χ2n) is 19.0. The molecule has 12 aromatic rings. The SMILES string of the molecule is Cc1cc2sc3c(C)c4c(sc5cc(-c6ccc(C)c7nsnc67)sc54)c(C)c3c2s1.Cc1ccc2c(c1)SC1c3c(C)c4c(c(C)c3SC21)C1Sc2cc(-c3cc5sc(C)cc5s3)ccc2C1S4. The first-order chi connectivity index (χ1) is 33.4. The Morgan fingerprint density at radius 1 is 0.420 bits per heavy atom. The van der Waals surface area contributed by atoms with Crippen molar-refractivity contribution in [2.75, 3.05) is 0 Å². The molecular weight excluding hydrogens is 1050 g/mol. The van der Waals surface area contributed by atoms with Crippen molar-refractivity contribution in [2.24, 2.45) is 0 Å². The molecule has 0 saturated heterocycles. The Morgan fingerprint density at radius 3 is 1.70 bits per heavy atom. The third-order valence-electron chi connectivity index (χ3n) is 14.7. The van der Waals surface area contributed by atoms with Gasteiger partial charge in [-0.2, -0.15) is 8.75 Å². The summed E-state index contributed by atoms with van der Waals surface area (Å²) < 4.78 is 20.6. The molecular formula is C56H40N2S11. The van der Waals surface area contributed by atoms with Crippen LogP contribution in [0.15, 0.2) is 92.4 Å². The van der Waals surface area contributed by atoms with Crippen molar-refractivity contribution < 1.29 is 0 Å². The van der Waals surface area contributed by atoms with E-state index in [9.17, 15) is 0 Å². The van der Waals surface area contributed by atoms with Crippen LogP contribution in [0.4, 0.5) is 0 Å². The molecule has 13 heteroatoms. The van der Waals surface area contributed by atoms with Gasteiger partial charge in [-0.25, -0.2) is 0 Å². The van der Waals surface area contributed by atoms with Crippen LogP contribution in [0.5, 0.6) is 0 Å². The van der Waals surface area contributed by atoms with Crippen molar-refractivity contribution in [3.8, 4) is 20.9 Å². The van der Waals surface area contributed by atoms with E-state index >= 15 is 0 Å². The highest BCUT2D eigenvalue weighted by atomic mass is 32.2. The minimum atomic E-state index is 0.530. The van der Waals surface area contributed by atoms with E-state index in [1.165, 1.54) is 123 Å². The molecule has 0 aliphatic carbocycles. The van der Waals surface area contributed by atoms with E-state index in [0.717, 1.165) is 11.0 Å². The van der Waals surface area contributed by atoms with Gasteiger partial charge >= 0.3 is 0 Å². The minimum Gasteiger partial charge on any atom is -0.173 e. The van der Waals surface area contributed by atoms with E-state index in [1.807, 2.05) is 68.0 Å². The number of thioether (sulfide) groups is 4. The van der Waals surface area contributed by atoms with Gasteiger partial charge in [0.25, 0.3) is 0 Å². The molecule has 69 heavy (non-hydrogen) atoms. The maximum Gasteiger partial charge on any atom is 0.113 e.